The van der Waals surface area contributed by atoms with Crippen molar-refractivity contribution in [2.75, 3.05) is 13.6 Å². The summed E-state index contributed by atoms with van der Waals surface area (Å²) < 4.78 is 23.5. The number of nitrogens with zero attached hydrogens (tertiary/aromatic N) is 2. The van der Waals surface area contributed by atoms with Crippen LogP contribution >= 0.6 is 10.7 Å². The van der Waals surface area contributed by atoms with E-state index >= 15 is 0 Å². The van der Waals surface area contributed by atoms with Crippen LogP contribution in [-0.2, 0) is 9.05 Å². The van der Waals surface area contributed by atoms with Crippen LogP contribution in [0.25, 0.3) is 0 Å². The summed E-state index contributed by atoms with van der Waals surface area (Å²) in [6, 6.07) is 0. The minimum Gasteiger partial charge on any atom is -0.340 e. The van der Waals surface area contributed by atoms with Gasteiger partial charge >= 0.3 is 0 Å². The number of hydrogen-bond acceptors (Lipinski definition) is 4. The number of halogens is 1. The molecule has 0 saturated heterocycles. The molecule has 1 aliphatic carbocycles. The zero-order valence-electron chi connectivity index (χ0n) is 11.5. The highest BCUT2D eigenvalue weighted by Gasteiger charge is 2.37. The average molecular weight is 320 g/mol. The molecular formula is C12H18ClN3O3S. The standard InChI is InChI=1S/C12H18ClN3O3S/c1-3-4-7-16(2)12(17)10-11(20(13,18)19)9(14-15-10)8-5-6-8/h8H,3-7H2,1-2H3,(H,14,15). The van der Waals surface area contributed by atoms with E-state index in [-0.39, 0.29) is 16.5 Å². The van der Waals surface area contributed by atoms with Crippen LogP contribution in [0.1, 0.15) is 54.7 Å². The van der Waals surface area contributed by atoms with E-state index < -0.39 is 15.0 Å². The zero-order valence-corrected chi connectivity index (χ0v) is 13.1. The minimum atomic E-state index is -3.99. The van der Waals surface area contributed by atoms with Crippen molar-refractivity contribution < 1.29 is 13.2 Å². The van der Waals surface area contributed by atoms with E-state index in [9.17, 15) is 13.2 Å². The Hall–Kier alpha value is -1.08. The Labute approximate surface area is 122 Å². The van der Waals surface area contributed by atoms with Crippen molar-refractivity contribution >= 4 is 25.6 Å². The van der Waals surface area contributed by atoms with Crippen molar-refractivity contribution in [3.8, 4) is 0 Å². The van der Waals surface area contributed by atoms with E-state index in [4.69, 9.17) is 10.7 Å². The number of aromatic nitrogens is 2. The third kappa shape index (κ3) is 3.15. The molecule has 1 aliphatic rings. The number of carbonyl (C=O) groups is 1. The molecule has 0 spiro atoms. The first-order chi connectivity index (χ1) is 9.36. The van der Waals surface area contributed by atoms with Crippen molar-refractivity contribution in [1.29, 1.82) is 0 Å². The van der Waals surface area contributed by atoms with E-state index in [0.717, 1.165) is 25.7 Å². The molecular weight excluding hydrogens is 302 g/mol. The van der Waals surface area contributed by atoms with Crippen LogP contribution in [0, 0.1) is 0 Å². The summed E-state index contributed by atoms with van der Waals surface area (Å²) in [6.07, 6.45) is 3.58. The molecule has 8 heteroatoms. The molecule has 0 unspecified atom stereocenters. The lowest BCUT2D eigenvalue weighted by Crippen LogP contribution is -2.29. The maximum absolute atomic E-state index is 12.3. The summed E-state index contributed by atoms with van der Waals surface area (Å²) in [5.41, 5.74) is 0.368. The Kier molecular flexibility index (Phi) is 4.39. The second-order valence-electron chi connectivity index (χ2n) is 5.11. The maximum Gasteiger partial charge on any atom is 0.275 e. The fraction of sp³-hybridized carbons (Fsp3) is 0.667. The normalized spacial score (nSPS) is 15.3. The summed E-state index contributed by atoms with van der Waals surface area (Å²) in [5.74, 6) is -0.297. The van der Waals surface area contributed by atoms with Crippen molar-refractivity contribution in [3.63, 3.8) is 0 Å². The van der Waals surface area contributed by atoms with Gasteiger partial charge in [-0.05, 0) is 19.3 Å². The van der Waals surface area contributed by atoms with E-state index in [1.807, 2.05) is 6.92 Å². The SMILES string of the molecule is CCCCN(C)C(=O)c1n[nH]c(C2CC2)c1S(=O)(=O)Cl. The molecule has 112 valence electrons. The van der Waals surface area contributed by atoms with E-state index in [2.05, 4.69) is 10.2 Å². The van der Waals surface area contributed by atoms with Gasteiger partial charge in [0.15, 0.2) is 5.69 Å². The van der Waals surface area contributed by atoms with Crippen molar-refractivity contribution in [3.05, 3.63) is 11.4 Å². The van der Waals surface area contributed by atoms with Crippen LogP contribution < -0.4 is 0 Å². The summed E-state index contributed by atoms with van der Waals surface area (Å²) in [5, 5.41) is 6.57. The Morgan fingerprint density at radius 2 is 2.15 bits per heavy atom. The largest absolute Gasteiger partial charge is 0.340 e. The first-order valence-electron chi connectivity index (χ1n) is 6.64. The number of H-pyrrole nitrogens is 1. The van der Waals surface area contributed by atoms with Gasteiger partial charge in [0.2, 0.25) is 0 Å². The Morgan fingerprint density at radius 3 is 2.65 bits per heavy atom. The molecule has 0 atom stereocenters. The monoisotopic (exact) mass is 319 g/mol. The quantitative estimate of drug-likeness (QED) is 0.814. The first kappa shape index (κ1) is 15.3. The predicted molar refractivity (Wildman–Crippen MR) is 75.5 cm³/mol. The molecule has 0 aromatic carbocycles. The molecule has 2 rings (SSSR count). The van der Waals surface area contributed by atoms with Crippen molar-refractivity contribution in [2.24, 2.45) is 0 Å². The van der Waals surface area contributed by atoms with E-state index in [1.165, 1.54) is 4.90 Å². The Bertz CT molecular complexity index is 607. The Balaban J connectivity index is 2.34. The smallest absolute Gasteiger partial charge is 0.275 e. The molecule has 20 heavy (non-hydrogen) atoms. The van der Waals surface area contributed by atoms with Crippen LogP contribution in [0.2, 0.25) is 0 Å². The highest BCUT2D eigenvalue weighted by atomic mass is 35.7. The molecule has 1 amide bonds. The van der Waals surface area contributed by atoms with E-state index in [0.29, 0.717) is 12.2 Å². The van der Waals surface area contributed by atoms with E-state index in [1.54, 1.807) is 7.05 Å². The van der Waals surface area contributed by atoms with Gasteiger partial charge in [0, 0.05) is 30.2 Å². The molecule has 1 aromatic rings. The van der Waals surface area contributed by atoms with Crippen LogP contribution in [0.4, 0.5) is 0 Å². The van der Waals surface area contributed by atoms with Gasteiger partial charge in [0.1, 0.15) is 4.90 Å². The lowest BCUT2D eigenvalue weighted by Gasteiger charge is -2.15. The maximum atomic E-state index is 12.3. The van der Waals surface area contributed by atoms with Gasteiger partial charge in [0.05, 0.1) is 5.69 Å². The summed E-state index contributed by atoms with van der Waals surface area (Å²) in [4.78, 5) is 13.6. The van der Waals surface area contributed by atoms with Gasteiger partial charge in [-0.25, -0.2) is 8.42 Å². The second kappa shape index (κ2) is 5.73. The second-order valence-corrected chi connectivity index (χ2v) is 7.61. The van der Waals surface area contributed by atoms with Crippen LogP contribution in [0.5, 0.6) is 0 Å². The predicted octanol–water partition coefficient (Wildman–Crippen LogP) is 2.09. The first-order valence-corrected chi connectivity index (χ1v) is 8.95. The number of nitrogens with one attached hydrogen (secondary N) is 1. The summed E-state index contributed by atoms with van der Waals surface area (Å²) in [6.45, 7) is 2.58. The van der Waals surface area contributed by atoms with Gasteiger partial charge in [-0.3, -0.25) is 9.89 Å². The number of hydrogen-bond donors (Lipinski definition) is 1. The molecule has 1 heterocycles. The molecule has 6 nitrogen and oxygen atoms in total. The van der Waals surface area contributed by atoms with Crippen molar-refractivity contribution in [1.82, 2.24) is 15.1 Å². The highest BCUT2D eigenvalue weighted by Crippen LogP contribution is 2.43. The minimum absolute atomic E-state index is 0.0968. The van der Waals surface area contributed by atoms with Gasteiger partial charge in [-0.1, -0.05) is 13.3 Å². The van der Waals surface area contributed by atoms with Gasteiger partial charge in [0.25, 0.3) is 15.0 Å². The molecule has 1 N–H and O–H groups in total. The summed E-state index contributed by atoms with van der Waals surface area (Å²) in [7, 11) is 3.12. The highest BCUT2D eigenvalue weighted by molar-refractivity contribution is 8.13. The summed E-state index contributed by atoms with van der Waals surface area (Å²) >= 11 is 0. The average Bonchev–Trinajstić information content (AvgIpc) is 3.12. The molecule has 0 aliphatic heterocycles. The zero-order chi connectivity index (χ0) is 14.9. The number of aromatic amines is 1. The molecule has 1 aromatic heterocycles. The fourth-order valence-electron chi connectivity index (χ4n) is 2.06. The molecule has 1 saturated carbocycles. The van der Waals surface area contributed by atoms with Gasteiger partial charge in [-0.2, -0.15) is 5.10 Å². The topological polar surface area (TPSA) is 83.1 Å². The number of rotatable bonds is 6. The van der Waals surface area contributed by atoms with Gasteiger partial charge < -0.3 is 4.90 Å². The molecule has 1 fully saturated rings. The number of carbonyl (C=O) groups excluding carboxylic acids is 1. The van der Waals surface area contributed by atoms with Crippen LogP contribution in [0.15, 0.2) is 4.90 Å². The van der Waals surface area contributed by atoms with Crippen LogP contribution in [-0.4, -0.2) is 43.0 Å². The molecule has 0 bridgehead atoms. The number of amides is 1. The Morgan fingerprint density at radius 1 is 1.50 bits per heavy atom. The third-order valence-corrected chi connectivity index (χ3v) is 4.74. The van der Waals surface area contributed by atoms with Crippen LogP contribution in [0.3, 0.4) is 0 Å². The van der Waals surface area contributed by atoms with Crippen molar-refractivity contribution in [2.45, 2.75) is 43.4 Å². The van der Waals surface area contributed by atoms with Gasteiger partial charge in [-0.15, -0.1) is 0 Å². The lowest BCUT2D eigenvalue weighted by atomic mass is 10.2. The fourth-order valence-corrected chi connectivity index (χ4v) is 3.37. The number of unbranched alkanes of at least 4 members (excludes halogenated alkanes) is 1. The molecule has 0 radical (unpaired) electrons. The lowest BCUT2D eigenvalue weighted by molar-refractivity contribution is 0.0783. The third-order valence-electron chi connectivity index (χ3n) is 3.37.